The van der Waals surface area contributed by atoms with Gasteiger partial charge in [-0.15, -0.1) is 12.4 Å². The quantitative estimate of drug-likeness (QED) is 0.849. The van der Waals surface area contributed by atoms with E-state index in [9.17, 15) is 9.59 Å². The van der Waals surface area contributed by atoms with Gasteiger partial charge in [0.1, 0.15) is 0 Å². The number of carbonyl (C=O) groups excluding carboxylic acids is 1. The Labute approximate surface area is 140 Å². The van der Waals surface area contributed by atoms with Gasteiger partial charge in [0.25, 0.3) is 5.56 Å². The number of hydrogen-bond acceptors (Lipinski definition) is 4. The van der Waals surface area contributed by atoms with Crippen LogP contribution in [0.1, 0.15) is 12.0 Å². The lowest BCUT2D eigenvalue weighted by molar-refractivity contribution is -0.121. The van der Waals surface area contributed by atoms with Crippen molar-refractivity contribution in [3.05, 3.63) is 40.4 Å². The van der Waals surface area contributed by atoms with Gasteiger partial charge in [0, 0.05) is 38.5 Å². The van der Waals surface area contributed by atoms with E-state index in [0.717, 1.165) is 24.2 Å². The molecule has 0 radical (unpaired) electrons. The molecule has 3 rings (SSSR count). The van der Waals surface area contributed by atoms with Crippen molar-refractivity contribution in [1.29, 1.82) is 0 Å². The molecule has 7 heteroatoms. The first-order chi connectivity index (χ1) is 10.6. The molecule has 124 valence electrons. The maximum atomic E-state index is 12.4. The minimum atomic E-state index is -0.0929. The second-order valence-electron chi connectivity index (χ2n) is 5.79. The monoisotopic (exact) mass is 336 g/mol. The summed E-state index contributed by atoms with van der Waals surface area (Å²) in [6, 6.07) is 5.56. The van der Waals surface area contributed by atoms with Gasteiger partial charge in [-0.2, -0.15) is 0 Å². The van der Waals surface area contributed by atoms with Gasteiger partial charge >= 0.3 is 0 Å². The Morgan fingerprint density at radius 3 is 2.91 bits per heavy atom. The average molecular weight is 337 g/mol. The van der Waals surface area contributed by atoms with Gasteiger partial charge in [0.15, 0.2) is 0 Å². The van der Waals surface area contributed by atoms with Gasteiger partial charge in [-0.25, -0.2) is 4.98 Å². The van der Waals surface area contributed by atoms with E-state index in [2.05, 4.69) is 15.6 Å². The third kappa shape index (κ3) is 3.89. The average Bonchev–Trinajstić information content (AvgIpc) is 2.46. The van der Waals surface area contributed by atoms with E-state index in [1.54, 1.807) is 6.07 Å². The lowest BCUT2D eigenvalue weighted by Crippen LogP contribution is -2.48. The Morgan fingerprint density at radius 1 is 1.43 bits per heavy atom. The molecule has 0 saturated carbocycles. The summed E-state index contributed by atoms with van der Waals surface area (Å²) < 4.78 is 1.51. The molecule has 0 spiro atoms. The Bertz CT molecular complexity index is 755. The van der Waals surface area contributed by atoms with E-state index in [1.165, 1.54) is 10.9 Å². The van der Waals surface area contributed by atoms with E-state index in [0.29, 0.717) is 30.8 Å². The number of fused-ring (bicyclic) bond motifs is 1. The highest BCUT2D eigenvalue weighted by Gasteiger charge is 2.17. The summed E-state index contributed by atoms with van der Waals surface area (Å²) in [6.45, 7) is 4.92. The van der Waals surface area contributed by atoms with Crippen LogP contribution in [0.15, 0.2) is 29.3 Å². The van der Waals surface area contributed by atoms with Crippen molar-refractivity contribution in [3.63, 3.8) is 0 Å². The first-order valence-corrected chi connectivity index (χ1v) is 7.57. The minimum Gasteiger partial charge on any atom is -0.356 e. The molecule has 23 heavy (non-hydrogen) atoms. The zero-order valence-corrected chi connectivity index (χ0v) is 13.9. The zero-order chi connectivity index (χ0) is 15.5. The van der Waals surface area contributed by atoms with Crippen LogP contribution < -0.4 is 16.2 Å². The lowest BCUT2D eigenvalue weighted by atomic mass is 10.0. The standard InChI is InChI=1S/C16H20N4O2.ClH/c1-11-3-2-4-13-15(11)19-10-20(16(13)22)6-5-14(21)18-9-12-7-17-8-12;/h2-4,10,12,17H,5-9H2,1H3,(H,18,21);1H. The summed E-state index contributed by atoms with van der Waals surface area (Å²) in [5.74, 6) is 0.514. The van der Waals surface area contributed by atoms with Gasteiger partial charge in [-0.05, 0) is 18.6 Å². The zero-order valence-electron chi connectivity index (χ0n) is 13.0. The second kappa shape index (κ2) is 7.57. The van der Waals surface area contributed by atoms with Crippen LogP contribution >= 0.6 is 12.4 Å². The molecule has 2 N–H and O–H groups in total. The molecule has 1 amide bonds. The largest absolute Gasteiger partial charge is 0.356 e. The number of aromatic nitrogens is 2. The van der Waals surface area contributed by atoms with Crippen LogP contribution in [0.2, 0.25) is 0 Å². The Balaban J connectivity index is 0.00000192. The normalized spacial score (nSPS) is 14.1. The molecule has 1 aromatic carbocycles. The number of rotatable bonds is 5. The third-order valence-corrected chi connectivity index (χ3v) is 4.09. The molecule has 1 aromatic heterocycles. The molecule has 1 saturated heterocycles. The number of nitrogens with zero attached hydrogens (tertiary/aromatic N) is 2. The van der Waals surface area contributed by atoms with Crippen molar-refractivity contribution in [2.75, 3.05) is 19.6 Å². The number of halogens is 1. The second-order valence-corrected chi connectivity index (χ2v) is 5.79. The van der Waals surface area contributed by atoms with Gasteiger partial charge in [-0.3, -0.25) is 14.2 Å². The number of aryl methyl sites for hydroxylation is 2. The highest BCUT2D eigenvalue weighted by Crippen LogP contribution is 2.11. The Kier molecular flexibility index (Phi) is 5.74. The number of hydrogen-bond donors (Lipinski definition) is 2. The third-order valence-electron chi connectivity index (χ3n) is 4.09. The molecule has 2 aromatic rings. The SMILES string of the molecule is Cc1cccc2c(=O)n(CCC(=O)NCC3CNC3)cnc12.Cl. The van der Waals surface area contributed by atoms with Crippen LogP contribution in [0, 0.1) is 12.8 Å². The lowest BCUT2D eigenvalue weighted by Gasteiger charge is -2.27. The number of nitrogens with one attached hydrogen (secondary N) is 2. The molecule has 0 bridgehead atoms. The van der Waals surface area contributed by atoms with Crippen LogP contribution in [-0.4, -0.2) is 35.1 Å². The van der Waals surface area contributed by atoms with Crippen molar-refractivity contribution in [3.8, 4) is 0 Å². The molecule has 6 nitrogen and oxygen atoms in total. The molecule has 0 atom stereocenters. The predicted molar refractivity (Wildman–Crippen MR) is 92.0 cm³/mol. The van der Waals surface area contributed by atoms with Crippen LogP contribution in [0.5, 0.6) is 0 Å². The smallest absolute Gasteiger partial charge is 0.261 e. The van der Waals surface area contributed by atoms with E-state index in [1.807, 2.05) is 19.1 Å². The number of benzene rings is 1. The fourth-order valence-electron chi connectivity index (χ4n) is 2.56. The molecule has 1 fully saturated rings. The van der Waals surface area contributed by atoms with E-state index >= 15 is 0 Å². The van der Waals surface area contributed by atoms with E-state index in [4.69, 9.17) is 0 Å². The predicted octanol–water partition coefficient (Wildman–Crippen LogP) is 0.852. The molecule has 1 aliphatic heterocycles. The highest BCUT2D eigenvalue weighted by atomic mass is 35.5. The van der Waals surface area contributed by atoms with Gasteiger partial charge < -0.3 is 10.6 Å². The summed E-state index contributed by atoms with van der Waals surface area (Å²) >= 11 is 0. The van der Waals surface area contributed by atoms with Crippen molar-refractivity contribution < 1.29 is 4.79 Å². The van der Waals surface area contributed by atoms with Crippen LogP contribution in [-0.2, 0) is 11.3 Å². The van der Waals surface area contributed by atoms with Crippen LogP contribution in [0.4, 0.5) is 0 Å². The minimum absolute atomic E-state index is 0. The van der Waals surface area contributed by atoms with Crippen molar-refractivity contribution in [1.82, 2.24) is 20.2 Å². The maximum Gasteiger partial charge on any atom is 0.261 e. The Hall–Kier alpha value is -1.92. The van der Waals surface area contributed by atoms with E-state index in [-0.39, 0.29) is 23.9 Å². The topological polar surface area (TPSA) is 76.0 Å². The fraction of sp³-hybridized carbons (Fsp3) is 0.438. The van der Waals surface area contributed by atoms with Gasteiger partial charge in [0.2, 0.25) is 5.91 Å². The number of carbonyl (C=O) groups is 1. The van der Waals surface area contributed by atoms with Crippen LogP contribution in [0.3, 0.4) is 0 Å². The molecule has 1 aliphatic rings. The van der Waals surface area contributed by atoms with Gasteiger partial charge in [0.05, 0.1) is 17.2 Å². The van der Waals surface area contributed by atoms with Crippen molar-refractivity contribution in [2.24, 2.45) is 5.92 Å². The van der Waals surface area contributed by atoms with Gasteiger partial charge in [-0.1, -0.05) is 12.1 Å². The summed E-state index contributed by atoms with van der Waals surface area (Å²) in [4.78, 5) is 28.6. The molecular formula is C16H21ClN4O2. The maximum absolute atomic E-state index is 12.4. The summed E-state index contributed by atoms with van der Waals surface area (Å²) in [5.41, 5.74) is 1.61. The number of para-hydroxylation sites is 1. The summed E-state index contributed by atoms with van der Waals surface area (Å²) in [7, 11) is 0. The van der Waals surface area contributed by atoms with Crippen molar-refractivity contribution >= 4 is 29.2 Å². The van der Waals surface area contributed by atoms with E-state index < -0.39 is 0 Å². The summed E-state index contributed by atoms with van der Waals surface area (Å²) in [6.07, 6.45) is 1.82. The van der Waals surface area contributed by atoms with Crippen LogP contribution in [0.25, 0.3) is 10.9 Å². The van der Waals surface area contributed by atoms with Crippen molar-refractivity contribution in [2.45, 2.75) is 19.9 Å². The highest BCUT2D eigenvalue weighted by molar-refractivity contribution is 5.85. The molecule has 2 heterocycles. The molecular weight excluding hydrogens is 316 g/mol. The first-order valence-electron chi connectivity index (χ1n) is 7.57. The molecule has 0 aliphatic carbocycles. The Morgan fingerprint density at radius 2 is 2.22 bits per heavy atom. The summed E-state index contributed by atoms with van der Waals surface area (Å²) in [5, 5.41) is 6.67. The molecule has 0 unspecified atom stereocenters. The number of amides is 1. The first kappa shape index (κ1) is 17.4. The fourth-order valence-corrected chi connectivity index (χ4v) is 2.56.